The number of pyridine rings is 1. The number of nitrogens with zero attached hydrogens (tertiary/aromatic N) is 2. The van der Waals surface area contributed by atoms with E-state index in [1.54, 1.807) is 6.07 Å². The summed E-state index contributed by atoms with van der Waals surface area (Å²) in [6.07, 6.45) is 8.43. The van der Waals surface area contributed by atoms with Crippen LogP contribution in [0.5, 0.6) is 0 Å². The Bertz CT molecular complexity index is 1270. The van der Waals surface area contributed by atoms with Gasteiger partial charge < -0.3 is 14.6 Å². The van der Waals surface area contributed by atoms with Gasteiger partial charge in [-0.2, -0.15) is 0 Å². The summed E-state index contributed by atoms with van der Waals surface area (Å²) in [6.45, 7) is 1.79. The van der Waals surface area contributed by atoms with Gasteiger partial charge in [-0.05, 0) is 99.1 Å². The summed E-state index contributed by atoms with van der Waals surface area (Å²) < 4.78 is 53.7. The molecule has 2 unspecified atom stereocenters. The van der Waals surface area contributed by atoms with Crippen molar-refractivity contribution in [1.82, 2.24) is 9.88 Å². The largest absolute Gasteiger partial charge is 0.480 e. The molecule has 3 heterocycles. The van der Waals surface area contributed by atoms with Gasteiger partial charge in [-0.25, -0.2) is 13.2 Å². The van der Waals surface area contributed by atoms with E-state index >= 15 is 0 Å². The number of fused-ring (bicyclic) bond motifs is 1. The van der Waals surface area contributed by atoms with Crippen LogP contribution in [0.3, 0.4) is 0 Å². The first-order chi connectivity index (χ1) is 20.2. The smallest absolute Gasteiger partial charge is 0.325 e. The Hall–Kier alpha value is -2.49. The standard InChI is InChI=1S/C33H41F3N2O4/c34-23-9-11-26(29-12-14-32(21-42-29)19-33(35,36)20-32)27(17-23)30(31(39)40)38-15-13-25(18-38)41-16-4-3-6-24-10-8-22-5-1-2-7-28(22)37-24/h8-11,17,25,29-30H,1-7,12-16,18-21H2,(H,39,40)/t25-,29?,30?/m1/s1. The van der Waals surface area contributed by atoms with E-state index in [0.717, 1.165) is 37.8 Å². The number of carboxylic acids is 1. The highest BCUT2D eigenvalue weighted by atomic mass is 19.3. The fourth-order valence-corrected chi connectivity index (χ4v) is 7.55. The predicted molar refractivity (Wildman–Crippen MR) is 151 cm³/mol. The van der Waals surface area contributed by atoms with Gasteiger partial charge in [-0.3, -0.25) is 14.7 Å². The molecule has 2 aliphatic carbocycles. The SMILES string of the molecule is O=C(O)C(c1cc(F)ccc1C1CCC2(CO1)CC(F)(F)C2)N1CC[C@@H](OCCCCc2ccc3c(n2)CCCC3)C1. The first-order valence-electron chi connectivity index (χ1n) is 15.6. The van der Waals surface area contributed by atoms with Crippen molar-refractivity contribution in [1.29, 1.82) is 0 Å². The van der Waals surface area contributed by atoms with E-state index < -0.39 is 35.3 Å². The molecule has 42 heavy (non-hydrogen) atoms. The fourth-order valence-electron chi connectivity index (χ4n) is 7.55. The molecule has 0 bridgehead atoms. The number of benzene rings is 1. The minimum Gasteiger partial charge on any atom is -0.480 e. The molecule has 2 aromatic rings. The monoisotopic (exact) mass is 586 g/mol. The molecule has 6 rings (SSSR count). The number of aromatic nitrogens is 1. The van der Waals surface area contributed by atoms with Crippen molar-refractivity contribution in [2.24, 2.45) is 5.41 Å². The molecule has 1 N–H and O–H groups in total. The van der Waals surface area contributed by atoms with Crippen LogP contribution in [0.25, 0.3) is 0 Å². The summed E-state index contributed by atoms with van der Waals surface area (Å²) in [6, 6.07) is 7.55. The molecule has 4 aliphatic rings. The summed E-state index contributed by atoms with van der Waals surface area (Å²) in [5.41, 5.74) is 4.30. The number of aryl methyl sites for hydroxylation is 3. The molecule has 1 aromatic carbocycles. The minimum atomic E-state index is -2.63. The topological polar surface area (TPSA) is 71.9 Å². The lowest BCUT2D eigenvalue weighted by Crippen LogP contribution is -2.51. The van der Waals surface area contributed by atoms with Gasteiger partial charge in [0.15, 0.2) is 0 Å². The second kappa shape index (κ2) is 12.2. The fraction of sp³-hybridized carbons (Fsp3) is 0.636. The van der Waals surface area contributed by atoms with E-state index in [1.165, 1.54) is 36.2 Å². The highest BCUT2D eigenvalue weighted by Gasteiger charge is 2.57. The maximum atomic E-state index is 14.5. The number of alkyl halides is 2. The lowest BCUT2D eigenvalue weighted by atomic mass is 9.62. The quantitative estimate of drug-likeness (QED) is 0.316. The maximum absolute atomic E-state index is 14.5. The number of hydrogen-bond acceptors (Lipinski definition) is 5. The lowest BCUT2D eigenvalue weighted by Gasteiger charge is -2.51. The number of halogens is 3. The molecule has 0 amide bonds. The van der Waals surface area contributed by atoms with Crippen LogP contribution < -0.4 is 0 Å². The van der Waals surface area contributed by atoms with Crippen molar-refractivity contribution in [2.75, 3.05) is 26.3 Å². The number of aliphatic carboxylic acids is 1. The Morgan fingerprint density at radius 1 is 1.14 bits per heavy atom. The van der Waals surface area contributed by atoms with E-state index in [4.69, 9.17) is 14.5 Å². The zero-order chi connectivity index (χ0) is 29.3. The molecule has 2 saturated heterocycles. The Morgan fingerprint density at radius 3 is 2.74 bits per heavy atom. The van der Waals surface area contributed by atoms with Crippen LogP contribution in [0.15, 0.2) is 30.3 Å². The Morgan fingerprint density at radius 2 is 1.98 bits per heavy atom. The summed E-state index contributed by atoms with van der Waals surface area (Å²) in [5, 5.41) is 10.3. The van der Waals surface area contributed by atoms with Crippen LogP contribution in [0, 0.1) is 11.2 Å². The first kappa shape index (κ1) is 29.6. The molecule has 228 valence electrons. The Balaban J connectivity index is 1.02. The molecule has 6 nitrogen and oxygen atoms in total. The summed E-state index contributed by atoms with van der Waals surface area (Å²) in [5.74, 6) is -4.18. The van der Waals surface area contributed by atoms with E-state index in [2.05, 4.69) is 12.1 Å². The van der Waals surface area contributed by atoms with E-state index in [-0.39, 0.29) is 25.6 Å². The molecule has 2 aliphatic heterocycles. The van der Waals surface area contributed by atoms with Crippen molar-refractivity contribution < 1.29 is 32.5 Å². The van der Waals surface area contributed by atoms with Gasteiger partial charge in [-0.15, -0.1) is 0 Å². The number of rotatable bonds is 10. The third-order valence-corrected chi connectivity index (χ3v) is 9.68. The molecule has 1 spiro atoms. The molecular weight excluding hydrogens is 545 g/mol. The number of likely N-dealkylation sites (tertiary alicyclic amines) is 1. The normalized spacial score (nSPS) is 25.6. The van der Waals surface area contributed by atoms with Crippen LogP contribution in [0.1, 0.15) is 98.0 Å². The third-order valence-electron chi connectivity index (χ3n) is 9.68. The number of carbonyl (C=O) groups is 1. The summed E-state index contributed by atoms with van der Waals surface area (Å²) >= 11 is 0. The maximum Gasteiger partial charge on any atom is 0.325 e. The second-order valence-electron chi connectivity index (χ2n) is 12.9. The molecule has 0 radical (unpaired) electrons. The first-order valence-corrected chi connectivity index (χ1v) is 15.6. The van der Waals surface area contributed by atoms with Gasteiger partial charge >= 0.3 is 5.97 Å². The summed E-state index contributed by atoms with van der Waals surface area (Å²) in [4.78, 5) is 19.3. The minimum absolute atomic E-state index is 0.0863. The zero-order valence-corrected chi connectivity index (χ0v) is 24.1. The molecule has 1 saturated carbocycles. The average molecular weight is 587 g/mol. The van der Waals surface area contributed by atoms with Crippen molar-refractivity contribution in [3.05, 3.63) is 64.2 Å². The molecule has 3 atom stereocenters. The van der Waals surface area contributed by atoms with E-state index in [1.807, 2.05) is 4.90 Å². The van der Waals surface area contributed by atoms with Crippen LogP contribution in [0.2, 0.25) is 0 Å². The number of hydrogen-bond donors (Lipinski definition) is 1. The van der Waals surface area contributed by atoms with Crippen LogP contribution in [-0.2, 0) is 33.5 Å². The van der Waals surface area contributed by atoms with Gasteiger partial charge in [0.1, 0.15) is 11.9 Å². The van der Waals surface area contributed by atoms with Crippen molar-refractivity contribution in [3.8, 4) is 0 Å². The highest BCUT2D eigenvalue weighted by Crippen LogP contribution is 2.58. The zero-order valence-electron chi connectivity index (χ0n) is 24.1. The van der Waals surface area contributed by atoms with Gasteiger partial charge in [-0.1, -0.05) is 12.1 Å². The lowest BCUT2D eigenvalue weighted by molar-refractivity contribution is -0.212. The Labute approximate surface area is 245 Å². The van der Waals surface area contributed by atoms with Crippen molar-refractivity contribution in [3.63, 3.8) is 0 Å². The number of unbranched alkanes of at least 4 members (excludes halogenated alkanes) is 1. The molecule has 3 fully saturated rings. The molecule has 9 heteroatoms. The van der Waals surface area contributed by atoms with E-state index in [9.17, 15) is 23.1 Å². The van der Waals surface area contributed by atoms with Crippen molar-refractivity contribution >= 4 is 5.97 Å². The van der Waals surface area contributed by atoms with Crippen LogP contribution in [0.4, 0.5) is 13.2 Å². The van der Waals surface area contributed by atoms with Gasteiger partial charge in [0.05, 0.1) is 18.8 Å². The van der Waals surface area contributed by atoms with Crippen molar-refractivity contribution in [2.45, 2.75) is 101 Å². The van der Waals surface area contributed by atoms with Gasteiger partial charge in [0, 0.05) is 49.3 Å². The number of ether oxygens (including phenoxy) is 2. The average Bonchev–Trinajstić information content (AvgIpc) is 3.40. The van der Waals surface area contributed by atoms with Crippen LogP contribution in [-0.4, -0.2) is 59.3 Å². The second-order valence-corrected chi connectivity index (χ2v) is 12.9. The predicted octanol–water partition coefficient (Wildman–Crippen LogP) is 6.61. The Kier molecular flexibility index (Phi) is 8.63. The molecule has 1 aromatic heterocycles. The van der Waals surface area contributed by atoms with Gasteiger partial charge in [0.2, 0.25) is 5.92 Å². The third kappa shape index (κ3) is 6.53. The number of carboxylic acid groups (broad SMARTS) is 1. The highest BCUT2D eigenvalue weighted by molar-refractivity contribution is 5.76. The van der Waals surface area contributed by atoms with E-state index in [0.29, 0.717) is 50.1 Å². The summed E-state index contributed by atoms with van der Waals surface area (Å²) in [7, 11) is 0. The van der Waals surface area contributed by atoms with Gasteiger partial charge in [0.25, 0.3) is 0 Å². The molecular formula is C33H41F3N2O4. The van der Waals surface area contributed by atoms with Crippen LogP contribution >= 0.6 is 0 Å².